The van der Waals surface area contributed by atoms with Gasteiger partial charge in [-0.1, -0.05) is 62.4 Å². The first kappa shape index (κ1) is 26.3. The summed E-state index contributed by atoms with van der Waals surface area (Å²) in [4.78, 5) is 28.8. The second-order valence-corrected chi connectivity index (χ2v) is 10.00. The number of hydrogen-bond donors (Lipinski definition) is 1. The molecule has 194 valence electrons. The lowest BCUT2D eigenvalue weighted by atomic mass is 9.93. The number of nitrogens with one attached hydrogen (secondary N) is 1. The maximum Gasteiger partial charge on any atom is 0.254 e. The van der Waals surface area contributed by atoms with Gasteiger partial charge < -0.3 is 10.1 Å². The summed E-state index contributed by atoms with van der Waals surface area (Å²) in [7, 11) is 0. The van der Waals surface area contributed by atoms with Crippen LogP contribution in [-0.2, 0) is 14.3 Å². The number of halogens is 2. The van der Waals surface area contributed by atoms with Crippen molar-refractivity contribution >= 4 is 17.5 Å². The number of amides is 2. The summed E-state index contributed by atoms with van der Waals surface area (Å²) >= 11 is 0. The monoisotopic (exact) mass is 498 g/mol. The van der Waals surface area contributed by atoms with Gasteiger partial charge in [-0.3, -0.25) is 14.5 Å². The van der Waals surface area contributed by atoms with Crippen LogP contribution in [0.1, 0.15) is 75.0 Å². The molecule has 2 amide bonds. The van der Waals surface area contributed by atoms with Crippen molar-refractivity contribution in [2.24, 2.45) is 0 Å². The van der Waals surface area contributed by atoms with Crippen LogP contribution in [0, 0.1) is 12.7 Å². The van der Waals surface area contributed by atoms with Gasteiger partial charge in [0.1, 0.15) is 24.6 Å². The Labute approximate surface area is 212 Å². The zero-order chi connectivity index (χ0) is 25.5. The minimum Gasteiger partial charge on any atom is -0.365 e. The Balaban J connectivity index is 1.67. The number of nitrogens with zero attached hydrogens (tertiary/aromatic N) is 1. The summed E-state index contributed by atoms with van der Waals surface area (Å²) < 4.78 is 34.4. The molecule has 0 spiro atoms. The van der Waals surface area contributed by atoms with Crippen LogP contribution in [0.25, 0.3) is 0 Å². The SMILES string of the molecule is Cc1ccccc1C(C(=O)NC1CCCCC1)N(C(=O)COC1CCCCC1F)c1cccc(F)c1. The zero-order valence-corrected chi connectivity index (χ0v) is 20.9. The lowest BCUT2D eigenvalue weighted by molar-refractivity contribution is -0.132. The molecule has 5 nitrogen and oxygen atoms in total. The average molecular weight is 499 g/mol. The van der Waals surface area contributed by atoms with E-state index < -0.39 is 30.0 Å². The summed E-state index contributed by atoms with van der Waals surface area (Å²) in [5, 5.41) is 3.15. The predicted octanol–water partition coefficient (Wildman–Crippen LogP) is 5.95. The Bertz CT molecular complexity index is 1040. The van der Waals surface area contributed by atoms with Crippen molar-refractivity contribution in [3.8, 4) is 0 Å². The number of ether oxygens (including phenoxy) is 1. The number of aryl methyl sites for hydroxylation is 1. The van der Waals surface area contributed by atoms with Gasteiger partial charge in [-0.25, -0.2) is 8.78 Å². The Morgan fingerprint density at radius 1 is 1.00 bits per heavy atom. The number of rotatable bonds is 8. The van der Waals surface area contributed by atoms with Gasteiger partial charge in [-0.15, -0.1) is 0 Å². The van der Waals surface area contributed by atoms with E-state index in [1.54, 1.807) is 6.07 Å². The van der Waals surface area contributed by atoms with E-state index in [1.165, 1.54) is 23.1 Å². The second kappa shape index (κ2) is 12.4. The lowest BCUT2D eigenvalue weighted by Crippen LogP contribution is -2.49. The highest BCUT2D eigenvalue weighted by Gasteiger charge is 2.36. The van der Waals surface area contributed by atoms with Gasteiger partial charge in [0.05, 0.1) is 6.10 Å². The highest BCUT2D eigenvalue weighted by atomic mass is 19.1. The molecule has 0 bridgehead atoms. The van der Waals surface area contributed by atoms with Crippen molar-refractivity contribution in [1.82, 2.24) is 5.32 Å². The Morgan fingerprint density at radius 2 is 1.72 bits per heavy atom. The molecule has 2 aromatic carbocycles. The predicted molar refractivity (Wildman–Crippen MR) is 136 cm³/mol. The number of benzene rings is 2. The zero-order valence-electron chi connectivity index (χ0n) is 20.9. The Kier molecular flexibility index (Phi) is 9.08. The number of anilines is 1. The first-order valence-electron chi connectivity index (χ1n) is 13.1. The maximum atomic E-state index is 14.4. The molecule has 0 heterocycles. The minimum atomic E-state index is -1.11. The highest BCUT2D eigenvalue weighted by Crippen LogP contribution is 2.32. The molecular formula is C29H36F2N2O3. The fraction of sp³-hybridized carbons (Fsp3) is 0.517. The molecule has 36 heavy (non-hydrogen) atoms. The van der Waals surface area contributed by atoms with Gasteiger partial charge in [0, 0.05) is 11.7 Å². The maximum absolute atomic E-state index is 14.4. The Hall–Kier alpha value is -2.80. The normalized spacial score (nSPS) is 21.5. The van der Waals surface area contributed by atoms with Crippen molar-refractivity contribution in [3.63, 3.8) is 0 Å². The van der Waals surface area contributed by atoms with Crippen molar-refractivity contribution in [2.45, 2.75) is 89.1 Å². The van der Waals surface area contributed by atoms with Crippen molar-refractivity contribution in [3.05, 3.63) is 65.5 Å². The standard InChI is InChI=1S/C29H36F2N2O3/c1-20-10-5-6-15-24(20)28(29(35)32-22-12-3-2-4-13-22)33(23-14-9-11-21(30)18-23)27(34)19-36-26-17-8-7-16-25(26)31/h5-6,9-11,14-15,18,22,25-26,28H,2-4,7-8,12-13,16-17,19H2,1H3,(H,32,35). The fourth-order valence-electron chi connectivity index (χ4n) is 5.37. The van der Waals surface area contributed by atoms with Crippen LogP contribution in [0.2, 0.25) is 0 Å². The summed E-state index contributed by atoms with van der Waals surface area (Å²) in [6, 6.07) is 12.1. The third kappa shape index (κ3) is 6.49. The van der Waals surface area contributed by atoms with Crippen LogP contribution < -0.4 is 10.2 Å². The summed E-state index contributed by atoms with van der Waals surface area (Å²) in [5.41, 5.74) is 1.76. The third-order valence-corrected chi connectivity index (χ3v) is 7.34. The summed E-state index contributed by atoms with van der Waals surface area (Å²) in [5.74, 6) is -1.33. The number of hydrogen-bond acceptors (Lipinski definition) is 3. The number of carbonyl (C=O) groups excluding carboxylic acids is 2. The molecule has 0 aliphatic heterocycles. The molecule has 2 fully saturated rings. The van der Waals surface area contributed by atoms with E-state index in [1.807, 2.05) is 31.2 Å². The van der Waals surface area contributed by atoms with Gasteiger partial charge >= 0.3 is 0 Å². The molecule has 0 radical (unpaired) electrons. The van der Waals surface area contributed by atoms with Crippen molar-refractivity contribution < 1.29 is 23.1 Å². The molecule has 2 saturated carbocycles. The third-order valence-electron chi connectivity index (χ3n) is 7.34. The van der Waals surface area contributed by atoms with Crippen LogP contribution in [0.3, 0.4) is 0 Å². The van der Waals surface area contributed by atoms with Gasteiger partial charge in [-0.2, -0.15) is 0 Å². The van der Waals surface area contributed by atoms with Crippen LogP contribution in [-0.4, -0.2) is 36.7 Å². The molecule has 0 aromatic heterocycles. The van der Waals surface area contributed by atoms with Crippen LogP contribution >= 0.6 is 0 Å². The molecule has 2 aromatic rings. The van der Waals surface area contributed by atoms with Crippen LogP contribution in [0.4, 0.5) is 14.5 Å². The molecule has 1 N–H and O–H groups in total. The van der Waals surface area contributed by atoms with Gasteiger partial charge in [0.15, 0.2) is 0 Å². The van der Waals surface area contributed by atoms with E-state index in [9.17, 15) is 18.4 Å². The smallest absolute Gasteiger partial charge is 0.254 e. The van der Waals surface area contributed by atoms with E-state index >= 15 is 0 Å². The van der Waals surface area contributed by atoms with E-state index in [-0.39, 0.29) is 24.2 Å². The van der Waals surface area contributed by atoms with Crippen LogP contribution in [0.5, 0.6) is 0 Å². The molecule has 2 aliphatic rings. The summed E-state index contributed by atoms with van der Waals surface area (Å²) in [6.07, 6.45) is 5.89. The first-order valence-corrected chi connectivity index (χ1v) is 13.1. The van der Waals surface area contributed by atoms with Gasteiger partial charge in [0.25, 0.3) is 5.91 Å². The molecule has 2 aliphatic carbocycles. The fourth-order valence-corrected chi connectivity index (χ4v) is 5.37. The molecule has 4 rings (SSSR count). The quantitative estimate of drug-likeness (QED) is 0.489. The van der Waals surface area contributed by atoms with E-state index in [0.717, 1.165) is 50.5 Å². The molecule has 3 unspecified atom stereocenters. The Morgan fingerprint density at radius 3 is 2.44 bits per heavy atom. The molecule has 0 saturated heterocycles. The van der Waals surface area contributed by atoms with Crippen LogP contribution in [0.15, 0.2) is 48.5 Å². The van der Waals surface area contributed by atoms with Gasteiger partial charge in [-0.05, 0) is 61.9 Å². The van der Waals surface area contributed by atoms with E-state index in [2.05, 4.69) is 5.32 Å². The minimum absolute atomic E-state index is 0.0352. The highest BCUT2D eigenvalue weighted by molar-refractivity contribution is 6.02. The number of alkyl halides is 1. The topological polar surface area (TPSA) is 58.6 Å². The molecular weight excluding hydrogens is 462 g/mol. The second-order valence-electron chi connectivity index (χ2n) is 10.00. The molecule has 3 atom stereocenters. The average Bonchev–Trinajstić information content (AvgIpc) is 2.87. The lowest BCUT2D eigenvalue weighted by Gasteiger charge is -2.34. The van der Waals surface area contributed by atoms with Gasteiger partial charge in [0.2, 0.25) is 5.91 Å². The van der Waals surface area contributed by atoms with E-state index in [0.29, 0.717) is 18.4 Å². The van der Waals surface area contributed by atoms with E-state index in [4.69, 9.17) is 4.74 Å². The number of carbonyl (C=O) groups is 2. The largest absolute Gasteiger partial charge is 0.365 e. The summed E-state index contributed by atoms with van der Waals surface area (Å²) in [6.45, 7) is 1.50. The first-order chi connectivity index (χ1) is 17.4. The van der Waals surface area contributed by atoms with Crippen molar-refractivity contribution in [2.75, 3.05) is 11.5 Å². The molecule has 7 heteroatoms. The van der Waals surface area contributed by atoms with Crippen molar-refractivity contribution in [1.29, 1.82) is 0 Å².